The lowest BCUT2D eigenvalue weighted by atomic mass is 10.4. The third-order valence-electron chi connectivity index (χ3n) is 1.62. The number of rotatable bonds is 5. The molecule has 0 aromatic heterocycles. The van der Waals surface area contributed by atoms with E-state index in [2.05, 4.69) is 10.0 Å². The highest BCUT2D eigenvalue weighted by atomic mass is 35.5. The third kappa shape index (κ3) is 4.67. The van der Waals surface area contributed by atoms with Gasteiger partial charge < -0.3 is 0 Å². The van der Waals surface area contributed by atoms with Crippen LogP contribution in [0.15, 0.2) is 28.2 Å². The third-order valence-corrected chi connectivity index (χ3v) is 3.43. The predicted molar refractivity (Wildman–Crippen MR) is 65.8 cm³/mol. The molecule has 0 amide bonds. The highest BCUT2D eigenvalue weighted by molar-refractivity contribution is 7.99. The Morgan fingerprint density at radius 1 is 1.40 bits per heavy atom. The number of benzene rings is 1. The first-order chi connectivity index (χ1) is 7.24. The fourth-order valence-electron chi connectivity index (χ4n) is 0.950. The molecule has 15 heavy (non-hydrogen) atoms. The van der Waals surface area contributed by atoms with E-state index in [-0.39, 0.29) is 0 Å². The average Bonchev–Trinajstić information content (AvgIpc) is 2.23. The number of halogens is 2. The van der Waals surface area contributed by atoms with Gasteiger partial charge in [0.1, 0.15) is 0 Å². The van der Waals surface area contributed by atoms with Gasteiger partial charge in [-0.15, -0.1) is 11.8 Å². The molecule has 0 N–H and O–H groups in total. The topological polar surface area (TPSA) is 48.8 Å². The summed E-state index contributed by atoms with van der Waals surface area (Å²) in [6.07, 6.45) is 0.831. The Labute approximate surface area is 102 Å². The average molecular weight is 262 g/mol. The molecule has 0 aliphatic carbocycles. The zero-order valence-corrected chi connectivity index (χ0v) is 10.2. The molecule has 1 aromatic carbocycles. The summed E-state index contributed by atoms with van der Waals surface area (Å²) in [5, 5.41) is 4.83. The lowest BCUT2D eigenvalue weighted by Gasteiger charge is -2.03. The van der Waals surface area contributed by atoms with Crippen LogP contribution in [-0.4, -0.2) is 12.3 Å². The van der Waals surface area contributed by atoms with Crippen LogP contribution in [0, 0.1) is 0 Å². The molecule has 0 unspecified atom stereocenters. The van der Waals surface area contributed by atoms with Crippen molar-refractivity contribution < 1.29 is 0 Å². The summed E-state index contributed by atoms with van der Waals surface area (Å²) in [6.45, 7) is 0.516. The Bertz CT molecular complexity index is 378. The Hall–Kier alpha value is -0.540. The van der Waals surface area contributed by atoms with Gasteiger partial charge in [0.05, 0.1) is 5.02 Å². The maximum Gasteiger partial charge on any atom is 0.0542 e. The quantitative estimate of drug-likeness (QED) is 0.247. The summed E-state index contributed by atoms with van der Waals surface area (Å²) >= 11 is 13.4. The first-order valence-electron chi connectivity index (χ1n) is 4.33. The molecule has 0 aliphatic rings. The largest absolute Gasteiger partial charge is 0.125 e. The second-order valence-corrected chi connectivity index (χ2v) is 4.71. The van der Waals surface area contributed by atoms with Gasteiger partial charge in [0, 0.05) is 21.4 Å². The van der Waals surface area contributed by atoms with Gasteiger partial charge in [0.15, 0.2) is 0 Å². The standard InChI is InChI=1S/C9H9Cl2N3S/c10-7-2-3-8(11)9(6-7)15-5-1-4-13-14-12/h2-3,6H,1,4-5H2. The van der Waals surface area contributed by atoms with Crippen LogP contribution in [0.4, 0.5) is 0 Å². The van der Waals surface area contributed by atoms with Crippen LogP contribution < -0.4 is 0 Å². The molecule has 3 nitrogen and oxygen atoms in total. The highest BCUT2D eigenvalue weighted by Gasteiger charge is 2.01. The van der Waals surface area contributed by atoms with Gasteiger partial charge in [-0.25, -0.2) is 0 Å². The molecule has 0 fully saturated rings. The smallest absolute Gasteiger partial charge is 0.0542 e. The number of thioether (sulfide) groups is 1. The first-order valence-corrected chi connectivity index (χ1v) is 6.07. The lowest BCUT2D eigenvalue weighted by Crippen LogP contribution is -1.84. The molecular weight excluding hydrogens is 253 g/mol. The van der Waals surface area contributed by atoms with Gasteiger partial charge in [-0.1, -0.05) is 28.3 Å². The van der Waals surface area contributed by atoms with Gasteiger partial charge >= 0.3 is 0 Å². The van der Waals surface area contributed by atoms with Crippen molar-refractivity contribution in [1.29, 1.82) is 0 Å². The monoisotopic (exact) mass is 261 g/mol. The molecule has 80 valence electrons. The SMILES string of the molecule is [N-]=[N+]=NCCCSc1cc(Cl)ccc1Cl. The number of nitrogens with zero attached hydrogens (tertiary/aromatic N) is 3. The normalized spacial score (nSPS) is 9.73. The van der Waals surface area contributed by atoms with Crippen LogP contribution in [0.2, 0.25) is 10.0 Å². The first kappa shape index (κ1) is 12.5. The molecule has 1 aromatic rings. The summed E-state index contributed by atoms with van der Waals surface area (Å²) in [5.74, 6) is 0.860. The maximum absolute atomic E-state index is 8.08. The van der Waals surface area contributed by atoms with Crippen molar-refractivity contribution in [3.8, 4) is 0 Å². The minimum Gasteiger partial charge on any atom is -0.125 e. The highest BCUT2D eigenvalue weighted by Crippen LogP contribution is 2.30. The summed E-state index contributed by atoms with van der Waals surface area (Å²) < 4.78 is 0. The van der Waals surface area contributed by atoms with E-state index in [1.165, 1.54) is 0 Å². The van der Waals surface area contributed by atoms with Gasteiger partial charge in [-0.3, -0.25) is 0 Å². The van der Waals surface area contributed by atoms with Crippen LogP contribution in [0.5, 0.6) is 0 Å². The molecule has 6 heteroatoms. The summed E-state index contributed by atoms with van der Waals surface area (Å²) in [5.41, 5.74) is 8.08. The van der Waals surface area contributed by atoms with Gasteiger partial charge in [-0.2, -0.15) is 0 Å². The Morgan fingerprint density at radius 3 is 2.93 bits per heavy atom. The minimum absolute atomic E-state index is 0.516. The van der Waals surface area contributed by atoms with Crippen LogP contribution >= 0.6 is 35.0 Å². The van der Waals surface area contributed by atoms with Crippen LogP contribution in [0.3, 0.4) is 0 Å². The van der Waals surface area contributed by atoms with Crippen molar-refractivity contribution in [3.05, 3.63) is 38.7 Å². The molecule has 0 atom stereocenters. The van der Waals surface area contributed by atoms with Crippen molar-refractivity contribution in [3.63, 3.8) is 0 Å². The molecule has 0 radical (unpaired) electrons. The van der Waals surface area contributed by atoms with Crippen LogP contribution in [0.1, 0.15) is 6.42 Å². The maximum atomic E-state index is 8.08. The fraction of sp³-hybridized carbons (Fsp3) is 0.333. The second kappa shape index (κ2) is 6.85. The van der Waals surface area contributed by atoms with E-state index < -0.39 is 0 Å². The van der Waals surface area contributed by atoms with E-state index in [1.54, 1.807) is 23.9 Å². The van der Waals surface area contributed by atoms with E-state index in [1.807, 2.05) is 6.07 Å². The zero-order valence-electron chi connectivity index (χ0n) is 7.86. The second-order valence-electron chi connectivity index (χ2n) is 2.73. The Kier molecular flexibility index (Phi) is 5.73. The summed E-state index contributed by atoms with van der Waals surface area (Å²) in [6, 6.07) is 5.37. The Morgan fingerprint density at radius 2 is 2.20 bits per heavy atom. The number of hydrogen-bond acceptors (Lipinski definition) is 2. The van der Waals surface area contributed by atoms with E-state index in [4.69, 9.17) is 28.7 Å². The van der Waals surface area contributed by atoms with E-state index in [0.29, 0.717) is 16.6 Å². The molecule has 0 spiro atoms. The molecule has 0 bridgehead atoms. The van der Waals surface area contributed by atoms with Crippen LogP contribution in [0.25, 0.3) is 10.4 Å². The van der Waals surface area contributed by atoms with Crippen molar-refractivity contribution in [1.82, 2.24) is 0 Å². The van der Waals surface area contributed by atoms with Gasteiger partial charge in [0.2, 0.25) is 0 Å². The van der Waals surface area contributed by atoms with E-state index in [0.717, 1.165) is 17.1 Å². The number of hydrogen-bond donors (Lipinski definition) is 0. The number of azide groups is 1. The van der Waals surface area contributed by atoms with Gasteiger partial charge in [0.25, 0.3) is 0 Å². The van der Waals surface area contributed by atoms with E-state index >= 15 is 0 Å². The molecule has 0 heterocycles. The molecule has 0 saturated heterocycles. The summed E-state index contributed by atoms with van der Waals surface area (Å²) in [7, 11) is 0. The van der Waals surface area contributed by atoms with Crippen molar-refractivity contribution in [2.24, 2.45) is 5.11 Å². The van der Waals surface area contributed by atoms with Crippen molar-refractivity contribution >= 4 is 35.0 Å². The van der Waals surface area contributed by atoms with Gasteiger partial charge in [-0.05, 0) is 35.9 Å². The van der Waals surface area contributed by atoms with Crippen molar-refractivity contribution in [2.75, 3.05) is 12.3 Å². The molecule has 0 aliphatic heterocycles. The molecular formula is C9H9Cl2N3S. The summed E-state index contributed by atoms with van der Waals surface area (Å²) in [4.78, 5) is 3.64. The zero-order chi connectivity index (χ0) is 11.1. The van der Waals surface area contributed by atoms with E-state index in [9.17, 15) is 0 Å². The lowest BCUT2D eigenvalue weighted by molar-refractivity contribution is 0.932. The van der Waals surface area contributed by atoms with Crippen molar-refractivity contribution in [2.45, 2.75) is 11.3 Å². The fourth-order valence-corrected chi connectivity index (χ4v) is 2.38. The minimum atomic E-state index is 0.516. The molecule has 1 rings (SSSR count). The molecule has 0 saturated carbocycles. The predicted octanol–water partition coefficient (Wildman–Crippen LogP) is 4.79. The van der Waals surface area contributed by atoms with Crippen LogP contribution in [-0.2, 0) is 0 Å². The Balaban J connectivity index is 2.43.